The third kappa shape index (κ3) is 4.31. The van der Waals surface area contributed by atoms with E-state index in [1.807, 2.05) is 0 Å². The second-order valence-electron chi connectivity index (χ2n) is 2.92. The Hall–Kier alpha value is -1.55. The molecule has 0 radical (unpaired) electrons. The zero-order valence-corrected chi connectivity index (χ0v) is 9.66. The number of ether oxygens (including phenoxy) is 1. The minimum absolute atomic E-state index is 0.0150. The number of hydrogen-bond acceptors (Lipinski definition) is 3. The Labute approximate surface area is 98.9 Å². The summed E-state index contributed by atoms with van der Waals surface area (Å²) in [4.78, 5) is 22.1. The van der Waals surface area contributed by atoms with Crippen LogP contribution in [-0.4, -0.2) is 17.0 Å². The van der Waals surface area contributed by atoms with Gasteiger partial charge in [0.25, 0.3) is 0 Å². The fourth-order valence-corrected chi connectivity index (χ4v) is 1.41. The van der Waals surface area contributed by atoms with Crippen molar-refractivity contribution < 1.29 is 19.4 Å². The zero-order chi connectivity index (χ0) is 12.7. The molecule has 0 amide bonds. The summed E-state index contributed by atoms with van der Waals surface area (Å²) in [6.45, 7) is 8.29. The van der Waals surface area contributed by atoms with E-state index in [0.29, 0.717) is 5.57 Å². The van der Waals surface area contributed by atoms with Gasteiger partial charge in [0.15, 0.2) is 0 Å². The molecule has 1 unspecified atom stereocenters. The first kappa shape index (κ1) is 14.5. The number of rotatable bonds is 6. The number of carboxylic acids is 1. The van der Waals surface area contributed by atoms with Crippen molar-refractivity contribution in [3.8, 4) is 0 Å². The summed E-state index contributed by atoms with van der Waals surface area (Å²) in [6, 6.07) is 0. The highest BCUT2D eigenvalue weighted by Crippen LogP contribution is 2.26. The monoisotopic (exact) mass is 244 g/mol. The van der Waals surface area contributed by atoms with Gasteiger partial charge in [-0.3, -0.25) is 9.59 Å². The lowest BCUT2D eigenvalue weighted by Crippen LogP contribution is -2.20. The summed E-state index contributed by atoms with van der Waals surface area (Å²) in [5.41, 5.74) is 0.333. The molecule has 4 nitrogen and oxygen atoms in total. The van der Waals surface area contributed by atoms with Crippen LogP contribution in [0.15, 0.2) is 36.1 Å². The molecule has 0 bridgehead atoms. The fourth-order valence-electron chi connectivity index (χ4n) is 1.18. The number of esters is 1. The van der Waals surface area contributed by atoms with Crippen molar-refractivity contribution in [2.75, 3.05) is 0 Å². The molecule has 0 saturated carbocycles. The van der Waals surface area contributed by atoms with Crippen LogP contribution in [0, 0.1) is 5.92 Å². The maximum atomic E-state index is 11.5. The van der Waals surface area contributed by atoms with Gasteiger partial charge in [-0.1, -0.05) is 30.8 Å². The summed E-state index contributed by atoms with van der Waals surface area (Å²) < 4.78 is 4.58. The molecule has 0 aliphatic carbocycles. The Balaban J connectivity index is 5.02. The van der Waals surface area contributed by atoms with Gasteiger partial charge in [0, 0.05) is 5.03 Å². The first-order chi connectivity index (χ1) is 7.43. The van der Waals surface area contributed by atoms with Gasteiger partial charge in [-0.05, 0) is 12.5 Å². The largest absolute Gasteiger partial charge is 0.481 e. The summed E-state index contributed by atoms with van der Waals surface area (Å²) in [5.74, 6) is -2.70. The minimum atomic E-state index is -1.05. The molecule has 0 heterocycles. The van der Waals surface area contributed by atoms with Gasteiger partial charge >= 0.3 is 11.9 Å². The van der Waals surface area contributed by atoms with Gasteiger partial charge in [0.05, 0.1) is 12.7 Å². The number of aliphatic carboxylic acids is 1. The molecule has 5 heteroatoms. The van der Waals surface area contributed by atoms with Gasteiger partial charge in [-0.15, -0.1) is 0 Å². The minimum Gasteiger partial charge on any atom is -0.481 e. The molecule has 0 spiro atoms. The maximum absolute atomic E-state index is 11.5. The summed E-state index contributed by atoms with van der Waals surface area (Å²) in [6.07, 6.45) is 2.18. The fraction of sp³-hybridized carbons (Fsp3) is 0.273. The van der Waals surface area contributed by atoms with Crippen LogP contribution in [0.2, 0.25) is 0 Å². The van der Waals surface area contributed by atoms with E-state index >= 15 is 0 Å². The summed E-state index contributed by atoms with van der Waals surface area (Å²) >= 11 is 5.67. The van der Waals surface area contributed by atoms with Gasteiger partial charge in [0.1, 0.15) is 5.92 Å². The molecule has 88 valence electrons. The first-order valence-electron chi connectivity index (χ1n) is 4.46. The Morgan fingerprint density at radius 2 is 2.12 bits per heavy atom. The number of hydrogen-bond donors (Lipinski definition) is 1. The molecule has 1 N–H and O–H groups in total. The van der Waals surface area contributed by atoms with Crippen LogP contribution in [-0.2, 0) is 14.3 Å². The molecule has 0 saturated heterocycles. The number of halogens is 1. The molecule has 0 fully saturated rings. The molecule has 0 aromatic carbocycles. The Morgan fingerprint density at radius 1 is 1.56 bits per heavy atom. The van der Waals surface area contributed by atoms with E-state index < -0.39 is 17.9 Å². The highest BCUT2D eigenvalue weighted by atomic mass is 35.5. The Bertz CT molecular complexity index is 344. The molecule has 16 heavy (non-hydrogen) atoms. The molecule has 0 aliphatic heterocycles. The predicted octanol–water partition coefficient (Wildman–Crippen LogP) is 2.46. The number of allylic oxidation sites excluding steroid dienone is 1. The second-order valence-corrected chi connectivity index (χ2v) is 3.40. The van der Waals surface area contributed by atoms with Gasteiger partial charge in [-0.25, -0.2) is 0 Å². The van der Waals surface area contributed by atoms with Crippen molar-refractivity contribution in [3.05, 3.63) is 36.1 Å². The topological polar surface area (TPSA) is 63.6 Å². The van der Waals surface area contributed by atoms with Gasteiger partial charge in [-0.2, -0.15) is 0 Å². The van der Waals surface area contributed by atoms with Crippen molar-refractivity contribution in [2.24, 2.45) is 5.92 Å². The van der Waals surface area contributed by atoms with Crippen LogP contribution in [0.1, 0.15) is 13.3 Å². The summed E-state index contributed by atoms with van der Waals surface area (Å²) in [5, 5.41) is 8.69. The first-order valence-corrected chi connectivity index (χ1v) is 4.84. The van der Waals surface area contributed by atoms with Crippen LogP contribution in [0.4, 0.5) is 0 Å². The number of carbonyl (C=O) groups is 2. The van der Waals surface area contributed by atoms with Crippen molar-refractivity contribution in [2.45, 2.75) is 13.3 Å². The molecule has 0 aliphatic rings. The third-order valence-electron chi connectivity index (χ3n) is 1.85. The van der Waals surface area contributed by atoms with Crippen molar-refractivity contribution >= 4 is 23.5 Å². The van der Waals surface area contributed by atoms with Crippen LogP contribution < -0.4 is 0 Å². The normalized spacial score (nSPS) is 12.8. The molecular weight excluding hydrogens is 232 g/mol. The van der Waals surface area contributed by atoms with E-state index in [2.05, 4.69) is 17.9 Å². The van der Waals surface area contributed by atoms with E-state index in [0.717, 1.165) is 6.26 Å². The van der Waals surface area contributed by atoms with E-state index in [-0.39, 0.29) is 11.5 Å². The average Bonchev–Trinajstić information content (AvgIpc) is 2.15. The second kappa shape index (κ2) is 6.85. The van der Waals surface area contributed by atoms with Crippen molar-refractivity contribution in [1.29, 1.82) is 0 Å². The van der Waals surface area contributed by atoms with Gasteiger partial charge < -0.3 is 9.84 Å². The zero-order valence-electron chi connectivity index (χ0n) is 8.90. The highest BCUT2D eigenvalue weighted by Gasteiger charge is 2.27. The smallest absolute Gasteiger partial charge is 0.323 e. The number of carboxylic acid groups (broad SMARTS) is 1. The number of carbonyl (C=O) groups excluding carboxylic acids is 1. The average molecular weight is 245 g/mol. The Kier molecular flexibility index (Phi) is 6.18. The highest BCUT2D eigenvalue weighted by molar-refractivity contribution is 6.31. The van der Waals surface area contributed by atoms with Crippen molar-refractivity contribution in [3.63, 3.8) is 0 Å². The molecule has 0 aromatic rings. The lowest BCUT2D eigenvalue weighted by atomic mass is 9.96. The lowest BCUT2D eigenvalue weighted by molar-refractivity contribution is -0.140. The molecule has 0 rings (SSSR count). The maximum Gasteiger partial charge on any atom is 0.323 e. The quantitative estimate of drug-likeness (QED) is 0.443. The van der Waals surface area contributed by atoms with Crippen LogP contribution >= 0.6 is 11.6 Å². The SMILES string of the molecule is C=COC(=O)C(C(=C)Cl)C(=CC)CC(=O)O. The lowest BCUT2D eigenvalue weighted by Gasteiger charge is -2.15. The van der Waals surface area contributed by atoms with Gasteiger partial charge in [0.2, 0.25) is 0 Å². The van der Waals surface area contributed by atoms with E-state index in [1.54, 1.807) is 6.92 Å². The third-order valence-corrected chi connectivity index (χ3v) is 2.06. The van der Waals surface area contributed by atoms with E-state index in [9.17, 15) is 9.59 Å². The molecule has 0 aromatic heterocycles. The predicted molar refractivity (Wildman–Crippen MR) is 60.8 cm³/mol. The molecular formula is C11H13ClO4. The van der Waals surface area contributed by atoms with E-state index in [1.165, 1.54) is 6.08 Å². The van der Waals surface area contributed by atoms with Crippen LogP contribution in [0.3, 0.4) is 0 Å². The Morgan fingerprint density at radius 3 is 2.44 bits per heavy atom. The van der Waals surface area contributed by atoms with Crippen LogP contribution in [0.25, 0.3) is 0 Å². The standard InChI is InChI=1S/C11H13ClO4/c1-4-8(6-9(13)14)10(7(3)12)11(15)16-5-2/h4-5,10H,2-3,6H2,1H3,(H,13,14). The van der Waals surface area contributed by atoms with Crippen molar-refractivity contribution in [1.82, 2.24) is 0 Å². The summed E-state index contributed by atoms with van der Waals surface area (Å²) in [7, 11) is 0. The van der Waals surface area contributed by atoms with Crippen LogP contribution in [0.5, 0.6) is 0 Å². The molecule has 1 atom stereocenters. The van der Waals surface area contributed by atoms with E-state index in [4.69, 9.17) is 16.7 Å².